The van der Waals surface area contributed by atoms with Crippen molar-refractivity contribution in [3.63, 3.8) is 0 Å². The van der Waals surface area contributed by atoms with Crippen LogP contribution in [0.25, 0.3) is 10.9 Å². The molecule has 7 rings (SSSR count). The van der Waals surface area contributed by atoms with Gasteiger partial charge in [-0.25, -0.2) is 9.29 Å². The number of rotatable bonds is 3. The molecule has 1 spiro atoms. The lowest BCUT2D eigenvalue weighted by Crippen LogP contribution is -2.53. The summed E-state index contributed by atoms with van der Waals surface area (Å²) < 4.78 is 14.5. The smallest absolute Gasteiger partial charge is 0.250 e. The minimum absolute atomic E-state index is 0.354. The van der Waals surface area contributed by atoms with Crippen LogP contribution in [0.1, 0.15) is 16.7 Å². The predicted molar refractivity (Wildman–Crippen MR) is 136 cm³/mol. The maximum Gasteiger partial charge on any atom is 0.250 e. The Bertz CT molecular complexity index is 1650. The molecule has 0 bridgehead atoms. The fraction of sp³-hybridized carbons (Fsp3) is 0.207. The van der Waals surface area contributed by atoms with E-state index in [0.29, 0.717) is 23.4 Å². The maximum absolute atomic E-state index is 14.5. The number of aromatic amines is 1. The molecular formula is C29H23FN4O3. The third-order valence-corrected chi connectivity index (χ3v) is 8.05. The van der Waals surface area contributed by atoms with E-state index in [4.69, 9.17) is 0 Å². The molecule has 184 valence electrons. The molecule has 0 aliphatic carbocycles. The second kappa shape index (κ2) is 7.60. The van der Waals surface area contributed by atoms with E-state index in [1.165, 1.54) is 23.1 Å². The number of imide groups is 1. The molecule has 4 aromatic rings. The van der Waals surface area contributed by atoms with Crippen molar-refractivity contribution in [1.82, 2.24) is 10.3 Å². The number of carbonyl (C=O) groups excluding carboxylic acids is 3. The zero-order valence-electron chi connectivity index (χ0n) is 19.9. The van der Waals surface area contributed by atoms with E-state index >= 15 is 0 Å². The molecule has 3 N–H and O–H groups in total. The highest BCUT2D eigenvalue weighted by molar-refractivity contribution is 6.25. The Kier molecular flexibility index (Phi) is 4.51. The van der Waals surface area contributed by atoms with Gasteiger partial charge in [0.1, 0.15) is 11.4 Å². The molecule has 4 heterocycles. The van der Waals surface area contributed by atoms with Crippen molar-refractivity contribution >= 4 is 40.0 Å². The number of aryl methyl sites for hydroxylation is 1. The Morgan fingerprint density at radius 2 is 1.81 bits per heavy atom. The molecule has 8 heteroatoms. The molecule has 1 aromatic heterocycles. The van der Waals surface area contributed by atoms with Crippen LogP contribution in [-0.4, -0.2) is 28.7 Å². The molecule has 2 saturated heterocycles. The van der Waals surface area contributed by atoms with Crippen LogP contribution in [0.15, 0.2) is 72.9 Å². The number of aromatic nitrogens is 1. The van der Waals surface area contributed by atoms with Crippen LogP contribution in [0.4, 0.5) is 15.8 Å². The molecule has 2 fully saturated rings. The molecule has 37 heavy (non-hydrogen) atoms. The number of hydrogen-bond acceptors (Lipinski definition) is 4. The summed E-state index contributed by atoms with van der Waals surface area (Å²) >= 11 is 0. The van der Waals surface area contributed by atoms with Gasteiger partial charge < -0.3 is 10.3 Å². The van der Waals surface area contributed by atoms with Crippen LogP contribution in [-0.2, 0) is 26.3 Å². The fourth-order valence-corrected chi connectivity index (χ4v) is 6.51. The largest absolute Gasteiger partial charge is 0.361 e. The summed E-state index contributed by atoms with van der Waals surface area (Å²) in [6.07, 6.45) is 2.31. The second-order valence-electron chi connectivity index (χ2n) is 10.1. The highest BCUT2D eigenvalue weighted by Crippen LogP contribution is 2.54. The zero-order chi connectivity index (χ0) is 25.5. The van der Waals surface area contributed by atoms with Gasteiger partial charge in [-0.05, 0) is 60.9 Å². The number of nitrogens with one attached hydrogen (secondary N) is 3. The monoisotopic (exact) mass is 494 g/mol. The van der Waals surface area contributed by atoms with Crippen molar-refractivity contribution in [2.24, 2.45) is 11.8 Å². The average Bonchev–Trinajstić information content (AvgIpc) is 3.58. The summed E-state index contributed by atoms with van der Waals surface area (Å²) in [6, 6.07) is 18.6. The van der Waals surface area contributed by atoms with Crippen molar-refractivity contribution in [2.45, 2.75) is 24.9 Å². The summed E-state index contributed by atoms with van der Waals surface area (Å²) in [7, 11) is 0. The number of benzene rings is 3. The van der Waals surface area contributed by atoms with Crippen LogP contribution in [0.2, 0.25) is 0 Å². The van der Waals surface area contributed by atoms with Crippen molar-refractivity contribution in [1.29, 1.82) is 0 Å². The lowest BCUT2D eigenvalue weighted by molar-refractivity contribution is -0.130. The molecular weight excluding hydrogens is 471 g/mol. The molecule has 3 aliphatic heterocycles. The van der Waals surface area contributed by atoms with E-state index < -0.39 is 41.0 Å². The Morgan fingerprint density at radius 3 is 2.65 bits per heavy atom. The first-order chi connectivity index (χ1) is 17.9. The maximum atomic E-state index is 14.5. The number of fused-ring (bicyclic) bond motifs is 5. The Labute approximate surface area is 211 Å². The summed E-state index contributed by atoms with van der Waals surface area (Å²) in [4.78, 5) is 46.1. The zero-order valence-corrected chi connectivity index (χ0v) is 19.9. The Balaban J connectivity index is 1.39. The van der Waals surface area contributed by atoms with Crippen molar-refractivity contribution < 1.29 is 18.8 Å². The Morgan fingerprint density at radius 1 is 0.973 bits per heavy atom. The van der Waals surface area contributed by atoms with E-state index in [-0.39, 0.29) is 5.91 Å². The number of amides is 3. The van der Waals surface area contributed by atoms with Gasteiger partial charge in [-0.3, -0.25) is 19.7 Å². The summed E-state index contributed by atoms with van der Waals surface area (Å²) in [5, 5.41) is 7.22. The number of carbonyl (C=O) groups is 3. The van der Waals surface area contributed by atoms with E-state index in [1.807, 2.05) is 43.5 Å². The van der Waals surface area contributed by atoms with E-state index in [1.54, 1.807) is 18.2 Å². The molecule has 4 atom stereocenters. The van der Waals surface area contributed by atoms with Gasteiger partial charge in [-0.15, -0.1) is 0 Å². The van der Waals surface area contributed by atoms with Crippen molar-refractivity contribution in [2.75, 3.05) is 10.2 Å². The Hall–Kier alpha value is -4.30. The van der Waals surface area contributed by atoms with E-state index in [9.17, 15) is 18.8 Å². The standard InChI is InChI=1S/C29H23FN4O3/c1-15-5-4-6-18(11-15)34-26(35)24-23(12-16-14-31-21-8-3-2-7-19(16)21)33-29(25(24)27(34)36)20-13-17(30)9-10-22(20)32-28(29)37/h2-11,13-14,23-25,31,33H,12H2,1H3,(H,32,37)/t23-,24+,25-,29+/m0/s1. The first kappa shape index (κ1) is 21.9. The topological polar surface area (TPSA) is 94.3 Å². The van der Waals surface area contributed by atoms with E-state index in [0.717, 1.165) is 22.0 Å². The van der Waals surface area contributed by atoms with Gasteiger partial charge in [0, 0.05) is 34.4 Å². The number of hydrogen-bond donors (Lipinski definition) is 3. The molecule has 3 amide bonds. The highest BCUT2D eigenvalue weighted by atomic mass is 19.1. The molecule has 0 radical (unpaired) electrons. The number of halogens is 1. The molecule has 3 aromatic carbocycles. The predicted octanol–water partition coefficient (Wildman–Crippen LogP) is 3.78. The molecule has 3 aliphatic rings. The first-order valence-electron chi connectivity index (χ1n) is 12.3. The third kappa shape index (κ3) is 2.93. The molecule has 7 nitrogen and oxygen atoms in total. The fourth-order valence-electron chi connectivity index (χ4n) is 6.51. The number of anilines is 2. The molecule has 0 unspecified atom stereocenters. The quantitative estimate of drug-likeness (QED) is 0.378. The average molecular weight is 495 g/mol. The SMILES string of the molecule is Cc1cccc(N2C(=O)[C@@H]3[C@H](Cc4c[nH]c5ccccc45)N[C@@]4(C(=O)Nc5ccc(F)cc54)[C@@H]3C2=O)c1. The van der Waals surface area contributed by atoms with Crippen LogP contribution in [0.5, 0.6) is 0 Å². The van der Waals surface area contributed by atoms with Gasteiger partial charge in [-0.2, -0.15) is 0 Å². The minimum atomic E-state index is -1.55. The summed E-state index contributed by atoms with van der Waals surface area (Å²) in [6.45, 7) is 1.89. The third-order valence-electron chi connectivity index (χ3n) is 8.05. The summed E-state index contributed by atoms with van der Waals surface area (Å²) in [5.74, 6) is -3.59. The van der Waals surface area contributed by atoms with Gasteiger partial charge in [0.05, 0.1) is 17.5 Å². The van der Waals surface area contributed by atoms with Gasteiger partial charge in [0.15, 0.2) is 0 Å². The van der Waals surface area contributed by atoms with Crippen LogP contribution in [0, 0.1) is 24.6 Å². The normalized spacial score (nSPS) is 26.3. The van der Waals surface area contributed by atoms with Gasteiger partial charge in [-0.1, -0.05) is 30.3 Å². The number of nitrogens with zero attached hydrogens (tertiary/aromatic N) is 1. The highest BCUT2D eigenvalue weighted by Gasteiger charge is 2.70. The van der Waals surface area contributed by atoms with Crippen molar-refractivity contribution in [3.05, 3.63) is 95.4 Å². The van der Waals surface area contributed by atoms with Gasteiger partial charge >= 0.3 is 0 Å². The van der Waals surface area contributed by atoms with Gasteiger partial charge in [0.2, 0.25) is 17.7 Å². The first-order valence-corrected chi connectivity index (χ1v) is 12.3. The van der Waals surface area contributed by atoms with Gasteiger partial charge in [0.25, 0.3) is 0 Å². The van der Waals surface area contributed by atoms with Crippen LogP contribution >= 0.6 is 0 Å². The minimum Gasteiger partial charge on any atom is -0.361 e. The summed E-state index contributed by atoms with van der Waals surface area (Å²) in [5.41, 5.74) is 2.57. The van der Waals surface area contributed by atoms with Crippen molar-refractivity contribution in [3.8, 4) is 0 Å². The van der Waals surface area contributed by atoms with E-state index in [2.05, 4.69) is 15.6 Å². The van der Waals surface area contributed by atoms with Crippen LogP contribution in [0.3, 0.4) is 0 Å². The molecule has 0 saturated carbocycles. The van der Waals surface area contributed by atoms with Crippen LogP contribution < -0.4 is 15.5 Å². The second-order valence-corrected chi connectivity index (χ2v) is 10.1. The lowest BCUT2D eigenvalue weighted by Gasteiger charge is -2.29. The number of H-pyrrole nitrogens is 1. The number of para-hydroxylation sites is 1. The lowest BCUT2D eigenvalue weighted by atomic mass is 9.76.